The van der Waals surface area contributed by atoms with Gasteiger partial charge in [0.1, 0.15) is 12.1 Å². The van der Waals surface area contributed by atoms with Gasteiger partial charge in [0.05, 0.1) is 6.54 Å². The number of nitrogens with one attached hydrogen (secondary N) is 2. The molecule has 1 aromatic rings. The van der Waals surface area contributed by atoms with Crippen molar-refractivity contribution < 1.29 is 19.4 Å². The minimum atomic E-state index is -1.02. The summed E-state index contributed by atoms with van der Waals surface area (Å²) in [5, 5.41) is 14.9. The highest BCUT2D eigenvalue weighted by Crippen LogP contribution is 2.24. The van der Waals surface area contributed by atoms with Crippen molar-refractivity contribution in [1.29, 1.82) is 0 Å². The van der Waals surface area contributed by atoms with Crippen molar-refractivity contribution in [2.45, 2.75) is 31.3 Å². The number of carbonyl (C=O) groups excluding carboxylic acids is 2. The predicted octanol–water partition coefficient (Wildman–Crippen LogP) is -0.440. The third-order valence-electron chi connectivity index (χ3n) is 4.28. The summed E-state index contributed by atoms with van der Waals surface area (Å²) in [6.45, 7) is 1.50. The molecule has 23 heavy (non-hydrogen) atoms. The molecule has 2 heterocycles. The average molecular weight is 319 g/mol. The fourth-order valence-corrected chi connectivity index (χ4v) is 3.17. The molecule has 0 aromatic heterocycles. The van der Waals surface area contributed by atoms with Crippen LogP contribution < -0.4 is 10.6 Å². The third kappa shape index (κ3) is 3.69. The van der Waals surface area contributed by atoms with E-state index in [0.717, 1.165) is 18.5 Å². The number of esters is 1. The van der Waals surface area contributed by atoms with Crippen LogP contribution in [0.15, 0.2) is 30.3 Å². The van der Waals surface area contributed by atoms with Crippen LogP contribution in [0.2, 0.25) is 0 Å². The Labute approximate surface area is 134 Å². The van der Waals surface area contributed by atoms with E-state index < -0.39 is 11.9 Å². The van der Waals surface area contributed by atoms with Gasteiger partial charge in [-0.2, -0.15) is 0 Å². The zero-order chi connectivity index (χ0) is 16.3. The Morgan fingerprint density at radius 1 is 1.39 bits per heavy atom. The second-order valence-electron chi connectivity index (χ2n) is 6.06. The molecule has 0 bridgehead atoms. The number of carbonyl (C=O) groups is 2. The SMILES string of the molecule is O=C(CN1CCCC2(C1)NC(O)NC2=O)OCc1ccccc1. The molecule has 2 saturated heterocycles. The first-order valence-electron chi connectivity index (χ1n) is 7.76. The molecule has 2 aliphatic rings. The molecule has 0 radical (unpaired) electrons. The molecular formula is C16H21N3O4. The molecule has 2 fully saturated rings. The predicted molar refractivity (Wildman–Crippen MR) is 81.9 cm³/mol. The molecule has 1 spiro atoms. The Morgan fingerprint density at radius 2 is 2.17 bits per heavy atom. The van der Waals surface area contributed by atoms with Gasteiger partial charge in [-0.1, -0.05) is 30.3 Å². The van der Waals surface area contributed by atoms with Crippen LogP contribution >= 0.6 is 0 Å². The molecule has 3 N–H and O–H groups in total. The smallest absolute Gasteiger partial charge is 0.320 e. The number of rotatable bonds is 4. The second-order valence-corrected chi connectivity index (χ2v) is 6.06. The van der Waals surface area contributed by atoms with E-state index in [1.807, 2.05) is 35.2 Å². The number of likely N-dealkylation sites (tertiary alicyclic amines) is 1. The molecule has 1 aromatic carbocycles. The first-order valence-corrected chi connectivity index (χ1v) is 7.76. The van der Waals surface area contributed by atoms with E-state index in [-0.39, 0.29) is 25.0 Å². The van der Waals surface area contributed by atoms with E-state index in [9.17, 15) is 14.7 Å². The van der Waals surface area contributed by atoms with Crippen LogP contribution in [-0.4, -0.2) is 53.4 Å². The van der Waals surface area contributed by atoms with E-state index in [0.29, 0.717) is 13.0 Å². The Hall–Kier alpha value is -1.96. The topological polar surface area (TPSA) is 90.9 Å². The van der Waals surface area contributed by atoms with Gasteiger partial charge in [0.2, 0.25) is 5.91 Å². The molecule has 7 nitrogen and oxygen atoms in total. The Morgan fingerprint density at radius 3 is 2.87 bits per heavy atom. The largest absolute Gasteiger partial charge is 0.460 e. The van der Waals surface area contributed by atoms with Gasteiger partial charge in [-0.3, -0.25) is 19.8 Å². The molecule has 2 atom stereocenters. The zero-order valence-electron chi connectivity index (χ0n) is 12.8. The van der Waals surface area contributed by atoms with Crippen LogP contribution in [-0.2, 0) is 20.9 Å². The Balaban J connectivity index is 1.51. The first kappa shape index (κ1) is 15.9. The van der Waals surface area contributed by atoms with Crippen molar-refractivity contribution in [3.8, 4) is 0 Å². The summed E-state index contributed by atoms with van der Waals surface area (Å²) in [5.41, 5.74) is 0.133. The van der Waals surface area contributed by atoms with Crippen LogP contribution in [0.1, 0.15) is 18.4 Å². The molecule has 0 saturated carbocycles. The monoisotopic (exact) mass is 319 g/mol. The maximum absolute atomic E-state index is 12.0. The lowest BCUT2D eigenvalue weighted by molar-refractivity contribution is -0.147. The van der Waals surface area contributed by atoms with E-state index in [1.54, 1.807) is 0 Å². The molecule has 7 heteroatoms. The van der Waals surface area contributed by atoms with Gasteiger partial charge >= 0.3 is 5.97 Å². The van der Waals surface area contributed by atoms with Crippen LogP contribution in [0.4, 0.5) is 0 Å². The minimum absolute atomic E-state index is 0.139. The van der Waals surface area contributed by atoms with Crippen molar-refractivity contribution in [3.63, 3.8) is 0 Å². The molecule has 2 aliphatic heterocycles. The third-order valence-corrected chi connectivity index (χ3v) is 4.28. The average Bonchev–Trinajstić information content (AvgIpc) is 2.79. The number of hydrogen-bond acceptors (Lipinski definition) is 6. The van der Waals surface area contributed by atoms with Crippen molar-refractivity contribution in [2.24, 2.45) is 0 Å². The number of amides is 1. The first-order chi connectivity index (χ1) is 11.1. The fourth-order valence-electron chi connectivity index (χ4n) is 3.17. The summed E-state index contributed by atoms with van der Waals surface area (Å²) in [5.74, 6) is -0.530. The van der Waals surface area contributed by atoms with Crippen LogP contribution in [0.25, 0.3) is 0 Å². The number of aliphatic hydroxyl groups excluding tert-OH is 1. The maximum atomic E-state index is 12.0. The Bertz CT molecular complexity index is 580. The number of nitrogens with zero attached hydrogens (tertiary/aromatic N) is 1. The number of ether oxygens (including phenoxy) is 1. The number of piperidine rings is 1. The van der Waals surface area contributed by atoms with Crippen molar-refractivity contribution in [2.75, 3.05) is 19.6 Å². The molecule has 124 valence electrons. The molecule has 2 unspecified atom stereocenters. The van der Waals surface area contributed by atoms with Gasteiger partial charge in [-0.25, -0.2) is 0 Å². The van der Waals surface area contributed by atoms with Gasteiger partial charge in [-0.15, -0.1) is 0 Å². The van der Waals surface area contributed by atoms with Crippen molar-refractivity contribution in [1.82, 2.24) is 15.5 Å². The quantitative estimate of drug-likeness (QED) is 0.652. The number of aliphatic hydroxyl groups is 1. The van der Waals surface area contributed by atoms with E-state index in [4.69, 9.17) is 4.74 Å². The van der Waals surface area contributed by atoms with E-state index >= 15 is 0 Å². The lowest BCUT2D eigenvalue weighted by Crippen LogP contribution is -2.59. The Kier molecular flexibility index (Phi) is 4.61. The lowest BCUT2D eigenvalue weighted by Gasteiger charge is -2.37. The van der Waals surface area contributed by atoms with Crippen molar-refractivity contribution in [3.05, 3.63) is 35.9 Å². The summed E-state index contributed by atoms with van der Waals surface area (Å²) in [6, 6.07) is 9.50. The van der Waals surface area contributed by atoms with Gasteiger partial charge in [-0.05, 0) is 24.9 Å². The molecule has 3 rings (SSSR count). The van der Waals surface area contributed by atoms with Gasteiger partial charge in [0.25, 0.3) is 0 Å². The molecule has 0 aliphatic carbocycles. The highest BCUT2D eigenvalue weighted by Gasteiger charge is 2.48. The maximum Gasteiger partial charge on any atom is 0.320 e. The van der Waals surface area contributed by atoms with E-state index in [2.05, 4.69) is 10.6 Å². The number of benzene rings is 1. The number of hydrogen-bond donors (Lipinski definition) is 3. The van der Waals surface area contributed by atoms with Crippen LogP contribution in [0.5, 0.6) is 0 Å². The minimum Gasteiger partial charge on any atom is -0.460 e. The van der Waals surface area contributed by atoms with Gasteiger partial charge < -0.3 is 15.2 Å². The summed E-state index contributed by atoms with van der Waals surface area (Å²) in [7, 11) is 0. The standard InChI is InChI=1S/C16H21N3O4/c20-13(23-10-12-5-2-1-3-6-12)9-19-8-4-7-16(11-19)14(21)17-15(22)18-16/h1-3,5-6,15,18,22H,4,7-11H2,(H,17,21). The summed E-state index contributed by atoms with van der Waals surface area (Å²) in [4.78, 5) is 25.9. The fraction of sp³-hybridized carbons (Fsp3) is 0.500. The van der Waals surface area contributed by atoms with E-state index in [1.165, 1.54) is 0 Å². The summed E-state index contributed by atoms with van der Waals surface area (Å²) >= 11 is 0. The summed E-state index contributed by atoms with van der Waals surface area (Å²) in [6.07, 6.45) is 0.400. The van der Waals surface area contributed by atoms with Gasteiger partial charge in [0, 0.05) is 6.54 Å². The summed E-state index contributed by atoms with van der Waals surface area (Å²) < 4.78 is 5.28. The zero-order valence-corrected chi connectivity index (χ0v) is 12.8. The highest BCUT2D eigenvalue weighted by atomic mass is 16.5. The van der Waals surface area contributed by atoms with Crippen LogP contribution in [0, 0.1) is 0 Å². The molecular weight excluding hydrogens is 298 g/mol. The van der Waals surface area contributed by atoms with Gasteiger partial charge in [0.15, 0.2) is 6.35 Å². The molecule has 1 amide bonds. The second kappa shape index (κ2) is 6.66. The lowest BCUT2D eigenvalue weighted by atomic mass is 9.89. The normalized spacial score (nSPS) is 27.9. The highest BCUT2D eigenvalue weighted by molar-refractivity contribution is 5.89. The van der Waals surface area contributed by atoms with Crippen LogP contribution in [0.3, 0.4) is 0 Å². The van der Waals surface area contributed by atoms with Crippen molar-refractivity contribution >= 4 is 11.9 Å².